The maximum Gasteiger partial charge on any atom is 2.00 e. The molecular weight excluding hydrogens is 619 g/mol. The Balaban J connectivity index is 0.000000200. The van der Waals surface area contributed by atoms with Gasteiger partial charge in [-0.2, -0.15) is 0 Å². The molecule has 0 N–H and O–H groups in total. The molecule has 0 amide bonds. The molecule has 0 radical (unpaired) electrons. The summed E-state index contributed by atoms with van der Waals surface area (Å²) in [5.74, 6) is 1.34. The van der Waals surface area contributed by atoms with Crippen LogP contribution in [-0.4, -0.2) is 25.2 Å². The van der Waals surface area contributed by atoms with Gasteiger partial charge in [-0.05, 0) is 49.9 Å². The van der Waals surface area contributed by atoms with Crippen molar-refractivity contribution >= 4 is 11.9 Å². The van der Waals surface area contributed by atoms with Crippen LogP contribution in [-0.2, 0) is 42.2 Å². The summed E-state index contributed by atoms with van der Waals surface area (Å²) in [7, 11) is 0. The SMILES string of the molecule is CCOc1cc2c(c(C(=O)[O-])c1CC)Cc1ccccc1O2.CCOc1cc2c(c(C(=O)[O-])c1CC)Cc1ccccc1O2.[Ni+2]. The van der Waals surface area contributed by atoms with Gasteiger partial charge in [-0.3, -0.25) is 0 Å². The Morgan fingerprint density at radius 3 is 1.36 bits per heavy atom. The van der Waals surface area contributed by atoms with E-state index in [9.17, 15) is 19.8 Å². The average molecular weight is 653 g/mol. The van der Waals surface area contributed by atoms with Crippen molar-refractivity contribution < 1.29 is 55.2 Å². The van der Waals surface area contributed by atoms with E-state index in [1.54, 1.807) is 12.1 Å². The Morgan fingerprint density at radius 1 is 0.644 bits per heavy atom. The predicted molar refractivity (Wildman–Crippen MR) is 161 cm³/mol. The third-order valence-electron chi connectivity index (χ3n) is 7.76. The summed E-state index contributed by atoms with van der Waals surface area (Å²) >= 11 is 0. The summed E-state index contributed by atoms with van der Waals surface area (Å²) in [4.78, 5) is 23.4. The van der Waals surface area contributed by atoms with E-state index in [0.717, 1.165) is 22.6 Å². The minimum Gasteiger partial charge on any atom is -0.545 e. The molecule has 236 valence electrons. The van der Waals surface area contributed by atoms with Crippen molar-refractivity contribution in [1.82, 2.24) is 0 Å². The van der Waals surface area contributed by atoms with Gasteiger partial charge in [0.05, 0.1) is 25.2 Å². The van der Waals surface area contributed by atoms with E-state index in [1.165, 1.54) is 0 Å². The molecule has 0 aromatic heterocycles. The fraction of sp³-hybridized carbons (Fsp3) is 0.278. The first-order valence-corrected chi connectivity index (χ1v) is 14.9. The van der Waals surface area contributed by atoms with Crippen molar-refractivity contribution in [3.63, 3.8) is 0 Å². The second-order valence-electron chi connectivity index (χ2n) is 10.3. The summed E-state index contributed by atoms with van der Waals surface area (Å²) in [6.45, 7) is 8.49. The normalized spacial score (nSPS) is 11.8. The molecule has 0 bridgehead atoms. The Labute approximate surface area is 272 Å². The number of carbonyl (C=O) groups excluding carboxylic acids is 2. The van der Waals surface area contributed by atoms with Crippen LogP contribution in [0.3, 0.4) is 0 Å². The summed E-state index contributed by atoms with van der Waals surface area (Å²) in [5.41, 5.74) is 5.04. The van der Waals surface area contributed by atoms with Crippen LogP contribution < -0.4 is 29.2 Å². The second kappa shape index (κ2) is 14.5. The fourth-order valence-corrected chi connectivity index (χ4v) is 5.86. The molecule has 0 saturated heterocycles. The van der Waals surface area contributed by atoms with Gasteiger partial charge in [0.15, 0.2) is 0 Å². The Kier molecular flexibility index (Phi) is 10.8. The van der Waals surface area contributed by atoms with Crippen LogP contribution in [0.25, 0.3) is 0 Å². The number of carbonyl (C=O) groups is 2. The minimum absolute atomic E-state index is 0. The number of rotatable bonds is 8. The van der Waals surface area contributed by atoms with Crippen LogP contribution in [0.1, 0.15) is 81.8 Å². The third-order valence-corrected chi connectivity index (χ3v) is 7.76. The zero-order valence-electron chi connectivity index (χ0n) is 25.6. The van der Waals surface area contributed by atoms with Crippen LogP contribution in [0.5, 0.6) is 34.5 Å². The molecule has 8 nitrogen and oxygen atoms in total. The number of carboxylic acid groups (broad SMARTS) is 2. The summed E-state index contributed by atoms with van der Waals surface area (Å²) in [5, 5.41) is 23.4. The van der Waals surface area contributed by atoms with Crippen molar-refractivity contribution in [3.8, 4) is 34.5 Å². The topological polar surface area (TPSA) is 117 Å². The largest absolute Gasteiger partial charge is 2.00 e. The van der Waals surface area contributed by atoms with Gasteiger partial charge in [0, 0.05) is 58.4 Å². The summed E-state index contributed by atoms with van der Waals surface area (Å²) in [6, 6.07) is 18.9. The first kappa shape index (κ1) is 33.4. The predicted octanol–water partition coefficient (Wildman–Crippen LogP) is 5.41. The molecule has 0 fully saturated rings. The first-order valence-electron chi connectivity index (χ1n) is 14.9. The molecular formula is C36H34NiO8. The van der Waals surface area contributed by atoms with Crippen LogP contribution >= 0.6 is 0 Å². The van der Waals surface area contributed by atoms with E-state index in [2.05, 4.69) is 0 Å². The van der Waals surface area contributed by atoms with Gasteiger partial charge in [0.2, 0.25) is 0 Å². The van der Waals surface area contributed by atoms with E-state index in [0.29, 0.717) is 84.1 Å². The number of hydrogen-bond donors (Lipinski definition) is 0. The van der Waals surface area contributed by atoms with Crippen LogP contribution in [0.4, 0.5) is 0 Å². The zero-order chi connectivity index (χ0) is 31.4. The summed E-state index contributed by atoms with van der Waals surface area (Å²) < 4.78 is 23.0. The van der Waals surface area contributed by atoms with Gasteiger partial charge in [-0.15, -0.1) is 0 Å². The number of benzene rings is 4. The number of fused-ring (bicyclic) bond motifs is 4. The molecule has 2 aliphatic heterocycles. The van der Waals surface area contributed by atoms with E-state index in [4.69, 9.17) is 18.9 Å². The molecule has 2 aliphatic rings. The zero-order valence-corrected chi connectivity index (χ0v) is 26.6. The molecule has 0 unspecified atom stereocenters. The minimum atomic E-state index is -1.18. The van der Waals surface area contributed by atoms with E-state index in [1.807, 2.05) is 76.2 Å². The molecule has 0 aliphatic carbocycles. The summed E-state index contributed by atoms with van der Waals surface area (Å²) in [6.07, 6.45) is 2.17. The number of para-hydroxylation sites is 2. The second-order valence-corrected chi connectivity index (χ2v) is 10.3. The van der Waals surface area contributed by atoms with Crippen molar-refractivity contribution in [2.45, 2.75) is 53.4 Å². The standard InChI is InChI=1S/2C18H18O4.Ni/c2*1-3-12-15(21-4-2)10-16-13(17(12)18(19)20)9-11-7-5-6-8-14(11)22-16;/h2*5-8,10H,3-4,9H2,1-2H3,(H,19,20);/q;;+2/p-2. The molecule has 4 aromatic rings. The van der Waals surface area contributed by atoms with E-state index in [-0.39, 0.29) is 27.6 Å². The molecule has 45 heavy (non-hydrogen) atoms. The first-order chi connectivity index (χ1) is 21.3. The van der Waals surface area contributed by atoms with Crippen LogP contribution in [0.15, 0.2) is 60.7 Å². The quantitative estimate of drug-likeness (QED) is 0.200. The van der Waals surface area contributed by atoms with Crippen molar-refractivity contribution in [1.29, 1.82) is 0 Å². The van der Waals surface area contributed by atoms with Gasteiger partial charge < -0.3 is 38.7 Å². The third kappa shape index (κ3) is 6.64. The maximum atomic E-state index is 11.7. The van der Waals surface area contributed by atoms with Gasteiger partial charge in [0.1, 0.15) is 34.5 Å². The molecule has 0 atom stereocenters. The average Bonchev–Trinajstić information content (AvgIpc) is 3.02. The van der Waals surface area contributed by atoms with Gasteiger partial charge in [0.25, 0.3) is 0 Å². The van der Waals surface area contributed by atoms with Crippen LogP contribution in [0.2, 0.25) is 0 Å². The fourth-order valence-electron chi connectivity index (χ4n) is 5.86. The molecule has 0 saturated carbocycles. The van der Waals surface area contributed by atoms with E-state index < -0.39 is 11.9 Å². The number of hydrogen-bond acceptors (Lipinski definition) is 8. The van der Waals surface area contributed by atoms with Gasteiger partial charge >= 0.3 is 16.5 Å². The monoisotopic (exact) mass is 652 g/mol. The Hall–Kier alpha value is -4.49. The van der Waals surface area contributed by atoms with E-state index >= 15 is 0 Å². The molecule has 0 spiro atoms. The molecule has 9 heteroatoms. The van der Waals surface area contributed by atoms with Crippen molar-refractivity contribution in [2.24, 2.45) is 0 Å². The smallest absolute Gasteiger partial charge is 0.545 e. The molecule has 2 heterocycles. The van der Waals surface area contributed by atoms with Gasteiger partial charge in [-0.1, -0.05) is 50.2 Å². The maximum absolute atomic E-state index is 11.7. The number of ether oxygens (including phenoxy) is 4. The molecule has 4 aromatic carbocycles. The number of aromatic carboxylic acids is 2. The van der Waals surface area contributed by atoms with Crippen LogP contribution in [0, 0.1) is 0 Å². The Morgan fingerprint density at radius 2 is 1.02 bits per heavy atom. The number of carboxylic acids is 2. The van der Waals surface area contributed by atoms with Crippen molar-refractivity contribution in [3.05, 3.63) is 105 Å². The Bertz CT molecular complexity index is 1600. The van der Waals surface area contributed by atoms with Gasteiger partial charge in [-0.25, -0.2) is 0 Å². The molecule has 6 rings (SSSR count). The van der Waals surface area contributed by atoms with Crippen molar-refractivity contribution in [2.75, 3.05) is 13.2 Å².